The van der Waals surface area contributed by atoms with E-state index in [0.717, 1.165) is 28.4 Å². The first-order valence-corrected chi connectivity index (χ1v) is 12.4. The van der Waals surface area contributed by atoms with Gasteiger partial charge in [0.1, 0.15) is 28.6 Å². The highest BCUT2D eigenvalue weighted by Crippen LogP contribution is 2.53. The summed E-state index contributed by atoms with van der Waals surface area (Å²) < 4.78 is 24.4. The van der Waals surface area contributed by atoms with Crippen LogP contribution in [0.15, 0.2) is 72.8 Å². The Morgan fingerprint density at radius 1 is 1.00 bits per heavy atom. The number of ether oxygens (including phenoxy) is 4. The minimum Gasteiger partial charge on any atom is -0.497 e. The summed E-state index contributed by atoms with van der Waals surface area (Å²) >= 11 is 0. The molecule has 2 aliphatic rings. The zero-order chi connectivity index (χ0) is 25.3. The molecule has 0 radical (unpaired) electrons. The van der Waals surface area contributed by atoms with Crippen LogP contribution >= 0.6 is 0 Å². The Hall–Kier alpha value is -3.51. The lowest BCUT2D eigenvalue weighted by molar-refractivity contribution is -0.188. The number of fused-ring (bicyclic) bond motifs is 3. The van der Waals surface area contributed by atoms with Gasteiger partial charge in [0.15, 0.2) is 0 Å². The molecule has 6 nitrogen and oxygen atoms in total. The van der Waals surface area contributed by atoms with Crippen LogP contribution in [-0.2, 0) is 16.0 Å². The summed E-state index contributed by atoms with van der Waals surface area (Å²) in [6.07, 6.45) is 1.08. The maximum atomic E-state index is 12.3. The van der Waals surface area contributed by atoms with Crippen LogP contribution in [0.25, 0.3) is 0 Å². The molecule has 3 aromatic carbocycles. The van der Waals surface area contributed by atoms with Gasteiger partial charge in [-0.05, 0) is 81.1 Å². The monoisotopic (exact) mass is 488 g/mol. The summed E-state index contributed by atoms with van der Waals surface area (Å²) in [6, 6.07) is 23.3. The number of carbonyl (C=O) groups is 1. The van der Waals surface area contributed by atoms with Gasteiger partial charge in [-0.2, -0.15) is 0 Å². The number of rotatable bonds is 7. The molecule has 36 heavy (non-hydrogen) atoms. The summed E-state index contributed by atoms with van der Waals surface area (Å²) in [5.74, 6) is 1.44. The Kier molecular flexibility index (Phi) is 6.63. The highest BCUT2D eigenvalue weighted by Gasteiger charge is 2.52. The molecule has 3 aromatic rings. The lowest BCUT2D eigenvalue weighted by Crippen LogP contribution is -2.52. The van der Waals surface area contributed by atoms with Gasteiger partial charge in [0.2, 0.25) is 0 Å². The van der Waals surface area contributed by atoms with E-state index in [1.54, 1.807) is 7.11 Å². The quantitative estimate of drug-likeness (QED) is 0.413. The van der Waals surface area contributed by atoms with Gasteiger partial charge >= 0.3 is 5.97 Å². The molecule has 2 heterocycles. The molecule has 0 aliphatic carbocycles. The number of carboxylic acid groups (broad SMARTS) is 1. The second-order valence-electron chi connectivity index (χ2n) is 10.1. The smallest absolute Gasteiger partial charge is 0.309 e. The van der Waals surface area contributed by atoms with Crippen LogP contribution in [0.2, 0.25) is 0 Å². The van der Waals surface area contributed by atoms with Crippen LogP contribution in [0.5, 0.6) is 23.0 Å². The summed E-state index contributed by atoms with van der Waals surface area (Å²) in [5.41, 5.74) is 1.43. The zero-order valence-corrected chi connectivity index (χ0v) is 20.8. The van der Waals surface area contributed by atoms with E-state index in [0.29, 0.717) is 25.0 Å². The topological polar surface area (TPSA) is 74.2 Å². The van der Waals surface area contributed by atoms with E-state index in [4.69, 9.17) is 18.9 Å². The molecule has 0 aromatic heterocycles. The number of carboxylic acids is 1. The Labute approximate surface area is 211 Å². The van der Waals surface area contributed by atoms with Gasteiger partial charge in [-0.1, -0.05) is 30.3 Å². The van der Waals surface area contributed by atoms with E-state index in [2.05, 4.69) is 0 Å². The molecule has 5 rings (SSSR count). The van der Waals surface area contributed by atoms with Crippen molar-refractivity contribution in [2.24, 2.45) is 11.8 Å². The highest BCUT2D eigenvalue weighted by atomic mass is 16.5. The minimum absolute atomic E-state index is 0.105. The van der Waals surface area contributed by atoms with Gasteiger partial charge in [-0.25, -0.2) is 0 Å². The first-order chi connectivity index (χ1) is 17.3. The van der Waals surface area contributed by atoms with Crippen molar-refractivity contribution in [3.05, 3.63) is 83.9 Å². The third-order valence-corrected chi connectivity index (χ3v) is 7.35. The van der Waals surface area contributed by atoms with Crippen LogP contribution in [0.1, 0.15) is 43.9 Å². The molecule has 0 unspecified atom stereocenters. The molecule has 4 atom stereocenters. The number of methoxy groups -OCH3 is 1. The highest BCUT2D eigenvalue weighted by molar-refractivity contribution is 5.71. The summed E-state index contributed by atoms with van der Waals surface area (Å²) in [7, 11) is 1.64. The Morgan fingerprint density at radius 2 is 1.78 bits per heavy atom. The van der Waals surface area contributed by atoms with E-state index in [1.807, 2.05) is 86.6 Å². The minimum atomic E-state index is -0.827. The molecule has 0 spiro atoms. The van der Waals surface area contributed by atoms with Crippen molar-refractivity contribution in [3.63, 3.8) is 0 Å². The number of benzene rings is 3. The van der Waals surface area contributed by atoms with E-state index in [9.17, 15) is 9.90 Å². The molecule has 2 aliphatic heterocycles. The van der Waals surface area contributed by atoms with Gasteiger partial charge in [0.25, 0.3) is 0 Å². The molecule has 0 amide bonds. The number of hydrogen-bond donors (Lipinski definition) is 1. The molecule has 0 saturated carbocycles. The maximum Gasteiger partial charge on any atom is 0.309 e. The first kappa shape index (κ1) is 24.2. The van der Waals surface area contributed by atoms with Gasteiger partial charge in [-0.3, -0.25) is 4.79 Å². The normalized spacial score (nSPS) is 24.1. The van der Waals surface area contributed by atoms with Crippen LogP contribution in [0.3, 0.4) is 0 Å². The fourth-order valence-corrected chi connectivity index (χ4v) is 5.42. The summed E-state index contributed by atoms with van der Waals surface area (Å²) in [6.45, 7) is 4.03. The van der Waals surface area contributed by atoms with Crippen molar-refractivity contribution in [2.75, 3.05) is 7.11 Å². The van der Waals surface area contributed by atoms with Crippen molar-refractivity contribution in [1.82, 2.24) is 0 Å². The fourth-order valence-electron chi connectivity index (χ4n) is 5.42. The van der Waals surface area contributed by atoms with Crippen molar-refractivity contribution in [2.45, 2.75) is 50.9 Å². The summed E-state index contributed by atoms with van der Waals surface area (Å²) in [4.78, 5) is 12.3. The SMILES string of the molecule is COc1cccc(CC[C@@H]2O[C@@H]3c4cc(Oc5ccccc5)ccc4OC(C)(C)[C@H]3C[C@@H]2C(=O)O)c1. The Morgan fingerprint density at radius 3 is 2.53 bits per heavy atom. The first-order valence-electron chi connectivity index (χ1n) is 12.4. The lowest BCUT2D eigenvalue weighted by atomic mass is 9.71. The Balaban J connectivity index is 1.42. The second-order valence-corrected chi connectivity index (χ2v) is 10.1. The number of hydrogen-bond acceptors (Lipinski definition) is 5. The molecular weight excluding hydrogens is 456 g/mol. The molecule has 1 fully saturated rings. The number of para-hydroxylation sites is 1. The van der Waals surface area contributed by atoms with Gasteiger partial charge in [0, 0.05) is 11.5 Å². The van der Waals surface area contributed by atoms with E-state index in [-0.39, 0.29) is 12.0 Å². The molecule has 1 saturated heterocycles. The Bertz CT molecular complexity index is 1220. The van der Waals surface area contributed by atoms with E-state index < -0.39 is 23.6 Å². The standard InChI is InChI=1S/C30H32O6/c1-30(2)25-18-24(29(31)32)26(14-12-19-8-7-11-21(16-19)33-3)35-28(25)23-17-22(13-15-27(23)36-30)34-20-9-5-4-6-10-20/h4-11,13,15-17,24-26,28H,12,14,18H2,1-3H3,(H,31,32)/t24-,25-,26-,28+/m0/s1. The average Bonchev–Trinajstić information content (AvgIpc) is 2.88. The van der Waals surface area contributed by atoms with Gasteiger partial charge < -0.3 is 24.1 Å². The van der Waals surface area contributed by atoms with Crippen LogP contribution < -0.4 is 14.2 Å². The predicted molar refractivity (Wildman–Crippen MR) is 136 cm³/mol. The average molecular weight is 489 g/mol. The van der Waals surface area contributed by atoms with Crippen LogP contribution in [-0.4, -0.2) is 29.9 Å². The molecule has 6 heteroatoms. The van der Waals surface area contributed by atoms with E-state index >= 15 is 0 Å². The van der Waals surface area contributed by atoms with Crippen molar-refractivity contribution in [3.8, 4) is 23.0 Å². The molecule has 1 N–H and O–H groups in total. The van der Waals surface area contributed by atoms with Crippen molar-refractivity contribution >= 4 is 5.97 Å². The van der Waals surface area contributed by atoms with Crippen LogP contribution in [0.4, 0.5) is 0 Å². The van der Waals surface area contributed by atoms with Crippen LogP contribution in [0, 0.1) is 11.8 Å². The van der Waals surface area contributed by atoms with Crippen molar-refractivity contribution < 1.29 is 28.8 Å². The fraction of sp³-hybridized carbons (Fsp3) is 0.367. The van der Waals surface area contributed by atoms with Crippen molar-refractivity contribution in [1.29, 1.82) is 0 Å². The third-order valence-electron chi connectivity index (χ3n) is 7.35. The maximum absolute atomic E-state index is 12.3. The predicted octanol–water partition coefficient (Wildman–Crippen LogP) is 6.44. The third kappa shape index (κ3) is 4.91. The molecular formula is C30H32O6. The van der Waals surface area contributed by atoms with Gasteiger partial charge in [0.05, 0.1) is 25.2 Å². The van der Waals surface area contributed by atoms with Gasteiger partial charge in [-0.15, -0.1) is 0 Å². The van der Waals surface area contributed by atoms with E-state index in [1.165, 1.54) is 0 Å². The number of aryl methyl sites for hydroxylation is 1. The zero-order valence-electron chi connectivity index (χ0n) is 20.8. The molecule has 188 valence electrons. The largest absolute Gasteiger partial charge is 0.497 e. The summed E-state index contributed by atoms with van der Waals surface area (Å²) in [5, 5.41) is 10.1. The second kappa shape index (κ2) is 9.86. The molecule has 0 bridgehead atoms. The lowest BCUT2D eigenvalue weighted by Gasteiger charge is -2.50. The number of aliphatic carboxylic acids is 1.